The van der Waals surface area contributed by atoms with Gasteiger partial charge >= 0.3 is 12.1 Å². The highest BCUT2D eigenvalue weighted by atomic mass is 19.4. The summed E-state index contributed by atoms with van der Waals surface area (Å²) >= 11 is 0. The Morgan fingerprint density at radius 2 is 1.88 bits per heavy atom. The number of rotatable bonds is 8. The van der Waals surface area contributed by atoms with Crippen molar-refractivity contribution in [1.29, 1.82) is 0 Å². The van der Waals surface area contributed by atoms with Crippen LogP contribution in [0.2, 0.25) is 0 Å². The molecule has 0 aromatic carbocycles. The third-order valence-electron chi connectivity index (χ3n) is 2.78. The van der Waals surface area contributed by atoms with Crippen LogP contribution in [0.1, 0.15) is 38.5 Å². The number of hydrogen-bond acceptors (Lipinski definition) is 2. The second-order valence-corrected chi connectivity index (χ2v) is 4.52. The molecule has 0 heterocycles. The monoisotopic (exact) mass is 253 g/mol. The highest BCUT2D eigenvalue weighted by Crippen LogP contribution is 2.30. The molecule has 0 atom stereocenters. The molecule has 0 radical (unpaired) electrons. The zero-order valence-electron chi connectivity index (χ0n) is 9.67. The van der Waals surface area contributed by atoms with Gasteiger partial charge in [-0.2, -0.15) is 13.2 Å². The third kappa shape index (κ3) is 7.20. The molecule has 1 aliphatic rings. The van der Waals surface area contributed by atoms with Crippen molar-refractivity contribution in [2.24, 2.45) is 0 Å². The molecule has 0 saturated heterocycles. The van der Waals surface area contributed by atoms with Crippen LogP contribution in [0.25, 0.3) is 0 Å². The van der Waals surface area contributed by atoms with Crippen LogP contribution >= 0.6 is 0 Å². The maximum atomic E-state index is 12.3. The van der Waals surface area contributed by atoms with E-state index in [1.165, 1.54) is 4.90 Å². The van der Waals surface area contributed by atoms with Gasteiger partial charge in [0, 0.05) is 12.5 Å². The van der Waals surface area contributed by atoms with E-state index in [1.807, 2.05) is 0 Å². The first-order valence-corrected chi connectivity index (χ1v) is 5.91. The standard InChI is InChI=1S/C11H18F3NO2/c12-11(13,14)8-15(9-5-6-9)7-3-1-2-4-10(16)17/h9H,1-8H2,(H,16,17). The lowest BCUT2D eigenvalue weighted by Crippen LogP contribution is -2.36. The highest BCUT2D eigenvalue weighted by molar-refractivity contribution is 5.66. The Morgan fingerprint density at radius 1 is 1.24 bits per heavy atom. The Hall–Kier alpha value is -0.780. The van der Waals surface area contributed by atoms with Crippen LogP contribution in [0, 0.1) is 0 Å². The molecule has 0 aromatic rings. The Morgan fingerprint density at radius 3 is 2.35 bits per heavy atom. The van der Waals surface area contributed by atoms with E-state index in [0.717, 1.165) is 12.8 Å². The van der Waals surface area contributed by atoms with E-state index >= 15 is 0 Å². The number of hydrogen-bond donors (Lipinski definition) is 1. The number of carboxylic acids is 1. The summed E-state index contributed by atoms with van der Waals surface area (Å²) in [5.41, 5.74) is 0. The maximum absolute atomic E-state index is 12.3. The van der Waals surface area contributed by atoms with Gasteiger partial charge < -0.3 is 5.11 Å². The van der Waals surface area contributed by atoms with E-state index in [9.17, 15) is 18.0 Å². The first-order valence-electron chi connectivity index (χ1n) is 5.91. The van der Waals surface area contributed by atoms with Gasteiger partial charge in [0.05, 0.1) is 6.54 Å². The molecule has 0 aliphatic heterocycles. The summed E-state index contributed by atoms with van der Waals surface area (Å²) in [5, 5.41) is 8.41. The molecule has 1 rings (SSSR count). The Kier molecular flexibility index (Phi) is 5.24. The topological polar surface area (TPSA) is 40.5 Å². The van der Waals surface area contributed by atoms with Crippen LogP contribution < -0.4 is 0 Å². The molecule has 0 amide bonds. The summed E-state index contributed by atoms with van der Waals surface area (Å²) in [6.45, 7) is -0.416. The molecule has 0 aromatic heterocycles. The average Bonchev–Trinajstić information content (AvgIpc) is 2.96. The predicted molar refractivity (Wildman–Crippen MR) is 56.8 cm³/mol. The molecule has 1 saturated carbocycles. The molecule has 0 spiro atoms. The first-order chi connectivity index (χ1) is 7.88. The molecule has 0 bridgehead atoms. The van der Waals surface area contributed by atoms with Crippen molar-refractivity contribution >= 4 is 5.97 Å². The lowest BCUT2D eigenvalue weighted by Gasteiger charge is -2.23. The number of alkyl halides is 3. The Balaban J connectivity index is 2.14. The van der Waals surface area contributed by atoms with Gasteiger partial charge in [-0.15, -0.1) is 0 Å². The number of carboxylic acid groups (broad SMARTS) is 1. The van der Waals surface area contributed by atoms with Crippen molar-refractivity contribution in [2.45, 2.75) is 50.7 Å². The van der Waals surface area contributed by atoms with Crippen molar-refractivity contribution in [3.63, 3.8) is 0 Å². The highest BCUT2D eigenvalue weighted by Gasteiger charge is 2.37. The van der Waals surface area contributed by atoms with Crippen molar-refractivity contribution in [3.8, 4) is 0 Å². The minimum atomic E-state index is -4.14. The van der Waals surface area contributed by atoms with Crippen molar-refractivity contribution in [1.82, 2.24) is 4.90 Å². The van der Waals surface area contributed by atoms with E-state index < -0.39 is 18.7 Å². The van der Waals surface area contributed by atoms with Crippen LogP contribution in [0.4, 0.5) is 13.2 Å². The van der Waals surface area contributed by atoms with Gasteiger partial charge in [0.1, 0.15) is 0 Å². The normalized spacial score (nSPS) is 16.5. The summed E-state index contributed by atoms with van der Waals surface area (Å²) < 4.78 is 36.8. The van der Waals surface area contributed by atoms with E-state index in [0.29, 0.717) is 25.8 Å². The SMILES string of the molecule is O=C(O)CCCCCN(CC(F)(F)F)C1CC1. The van der Waals surface area contributed by atoms with Crippen molar-refractivity contribution in [2.75, 3.05) is 13.1 Å². The minimum absolute atomic E-state index is 0.0936. The fourth-order valence-corrected chi connectivity index (χ4v) is 1.83. The molecule has 1 aliphatic carbocycles. The Labute approximate surface area is 98.6 Å². The molecule has 6 heteroatoms. The number of aliphatic carboxylic acids is 1. The van der Waals surface area contributed by atoms with E-state index in [1.54, 1.807) is 0 Å². The summed E-state index contributed by atoms with van der Waals surface area (Å²) in [5.74, 6) is -0.848. The van der Waals surface area contributed by atoms with Gasteiger partial charge in [0.25, 0.3) is 0 Å². The van der Waals surface area contributed by atoms with Crippen molar-refractivity contribution in [3.05, 3.63) is 0 Å². The zero-order valence-corrected chi connectivity index (χ0v) is 9.67. The summed E-state index contributed by atoms with van der Waals surface area (Å²) in [4.78, 5) is 11.7. The second kappa shape index (κ2) is 6.23. The van der Waals surface area contributed by atoms with Gasteiger partial charge in [-0.25, -0.2) is 0 Å². The lowest BCUT2D eigenvalue weighted by atomic mass is 10.2. The molecule has 1 N–H and O–H groups in total. The summed E-state index contributed by atoms with van der Waals surface area (Å²) in [6.07, 6.45) is -0.476. The largest absolute Gasteiger partial charge is 0.481 e. The number of unbranched alkanes of at least 4 members (excludes halogenated alkanes) is 2. The second-order valence-electron chi connectivity index (χ2n) is 4.52. The van der Waals surface area contributed by atoms with Gasteiger partial charge in [0.2, 0.25) is 0 Å². The molecule has 1 fully saturated rings. The zero-order chi connectivity index (χ0) is 12.9. The number of carbonyl (C=O) groups is 1. The molecule has 0 unspecified atom stereocenters. The Bertz CT molecular complexity index is 252. The minimum Gasteiger partial charge on any atom is -0.481 e. The van der Waals surface area contributed by atoms with E-state index in [2.05, 4.69) is 0 Å². The van der Waals surface area contributed by atoms with Gasteiger partial charge in [-0.05, 0) is 32.2 Å². The molecule has 3 nitrogen and oxygen atoms in total. The van der Waals surface area contributed by atoms with Gasteiger partial charge in [-0.3, -0.25) is 9.69 Å². The van der Waals surface area contributed by atoms with Crippen LogP contribution in [0.3, 0.4) is 0 Å². The van der Waals surface area contributed by atoms with Crippen molar-refractivity contribution < 1.29 is 23.1 Å². The lowest BCUT2D eigenvalue weighted by molar-refractivity contribution is -0.147. The van der Waals surface area contributed by atoms with Crippen LogP contribution in [0.5, 0.6) is 0 Å². The molecular formula is C11H18F3NO2. The third-order valence-corrected chi connectivity index (χ3v) is 2.78. The molecule has 17 heavy (non-hydrogen) atoms. The number of nitrogens with zero attached hydrogens (tertiary/aromatic N) is 1. The van der Waals surface area contributed by atoms with E-state index in [-0.39, 0.29) is 12.5 Å². The quantitative estimate of drug-likeness (QED) is 0.676. The predicted octanol–water partition coefficient (Wildman–Crippen LogP) is 2.66. The van der Waals surface area contributed by atoms with Gasteiger partial charge in [-0.1, -0.05) is 6.42 Å². The fraction of sp³-hybridized carbons (Fsp3) is 0.909. The summed E-state index contributed by atoms with van der Waals surface area (Å²) in [7, 11) is 0. The van der Waals surface area contributed by atoms with Crippen LogP contribution in [-0.2, 0) is 4.79 Å². The first kappa shape index (κ1) is 14.3. The van der Waals surface area contributed by atoms with E-state index in [4.69, 9.17) is 5.11 Å². The maximum Gasteiger partial charge on any atom is 0.401 e. The number of halogens is 3. The molecular weight excluding hydrogens is 235 g/mol. The van der Waals surface area contributed by atoms with Gasteiger partial charge in [0.15, 0.2) is 0 Å². The average molecular weight is 253 g/mol. The smallest absolute Gasteiger partial charge is 0.401 e. The fourth-order valence-electron chi connectivity index (χ4n) is 1.83. The van der Waals surface area contributed by atoms with Crippen LogP contribution in [-0.4, -0.2) is 41.3 Å². The van der Waals surface area contributed by atoms with Crippen LogP contribution in [0.15, 0.2) is 0 Å². The summed E-state index contributed by atoms with van der Waals surface area (Å²) in [6, 6.07) is 0.0936. The molecule has 100 valence electrons.